The average molecular weight is 471 g/mol. The Hall–Kier alpha value is -4.13. The quantitative estimate of drug-likeness (QED) is 0.585. The van der Waals surface area contributed by atoms with E-state index in [1.807, 2.05) is 68.7 Å². The van der Waals surface area contributed by atoms with Crippen molar-refractivity contribution in [3.8, 4) is 5.75 Å². The van der Waals surface area contributed by atoms with Gasteiger partial charge < -0.3 is 20.3 Å². The van der Waals surface area contributed by atoms with Gasteiger partial charge in [-0.15, -0.1) is 0 Å². The lowest BCUT2D eigenvalue weighted by atomic mass is 9.97. The molecule has 0 radical (unpaired) electrons. The summed E-state index contributed by atoms with van der Waals surface area (Å²) in [5.41, 5.74) is 4.69. The van der Waals surface area contributed by atoms with Crippen molar-refractivity contribution in [2.45, 2.75) is 25.9 Å². The van der Waals surface area contributed by atoms with Crippen molar-refractivity contribution >= 4 is 18.2 Å². The molecule has 0 aliphatic carbocycles. The molecule has 4 rings (SSSR count). The van der Waals surface area contributed by atoms with Crippen LogP contribution in [0.15, 0.2) is 94.7 Å². The van der Waals surface area contributed by atoms with Crippen molar-refractivity contribution < 1.29 is 14.3 Å². The lowest BCUT2D eigenvalue weighted by Crippen LogP contribution is -2.36. The van der Waals surface area contributed by atoms with Crippen LogP contribution in [0.1, 0.15) is 29.8 Å². The number of hydrogen-bond acceptors (Lipinski definition) is 4. The predicted molar refractivity (Wildman–Crippen MR) is 139 cm³/mol. The Balaban J connectivity index is 1.54. The first kappa shape index (κ1) is 24.0. The minimum atomic E-state index is -0.666. The molecule has 1 aromatic rings. The first-order valence-corrected chi connectivity index (χ1v) is 11.5. The van der Waals surface area contributed by atoms with Crippen LogP contribution in [0.2, 0.25) is 0 Å². The van der Waals surface area contributed by atoms with E-state index in [1.165, 1.54) is 0 Å². The van der Waals surface area contributed by atoms with E-state index in [4.69, 9.17) is 4.74 Å². The normalized spacial score (nSPS) is 23.3. The molecule has 3 aliphatic heterocycles. The third-order valence-corrected chi connectivity index (χ3v) is 6.34. The summed E-state index contributed by atoms with van der Waals surface area (Å²) in [5, 5.41) is 5.56. The molecule has 7 nitrogen and oxygen atoms in total. The van der Waals surface area contributed by atoms with E-state index in [0.29, 0.717) is 36.6 Å². The number of amides is 3. The number of ether oxygens (including phenoxy) is 1. The van der Waals surface area contributed by atoms with E-state index in [-0.39, 0.29) is 11.9 Å². The molecule has 1 aromatic carbocycles. The van der Waals surface area contributed by atoms with E-state index in [1.54, 1.807) is 18.1 Å². The zero-order chi connectivity index (χ0) is 25.0. The smallest absolute Gasteiger partial charge is 0.320 e. The number of urea groups is 1. The largest absolute Gasteiger partial charge is 0.497 e. The van der Waals surface area contributed by atoms with Crippen LogP contribution in [0.4, 0.5) is 4.79 Å². The number of allylic oxidation sites excluding steroid dienone is 6. The van der Waals surface area contributed by atoms with Gasteiger partial charge in [-0.2, -0.15) is 0 Å². The Morgan fingerprint density at radius 3 is 2.89 bits per heavy atom. The van der Waals surface area contributed by atoms with Crippen LogP contribution in [0.3, 0.4) is 0 Å². The van der Waals surface area contributed by atoms with Crippen LogP contribution in [0, 0.1) is 0 Å². The summed E-state index contributed by atoms with van der Waals surface area (Å²) in [6, 6.07) is 5.35. The van der Waals surface area contributed by atoms with Gasteiger partial charge in [0.05, 0.1) is 19.2 Å². The maximum atomic E-state index is 12.9. The van der Waals surface area contributed by atoms with Crippen LogP contribution in [0.25, 0.3) is 0 Å². The summed E-state index contributed by atoms with van der Waals surface area (Å²) in [6.07, 6.45) is 15.8. The predicted octanol–water partition coefficient (Wildman–Crippen LogP) is 4.23. The zero-order valence-electron chi connectivity index (χ0n) is 20.3. The molecule has 3 amide bonds. The number of fused-ring (bicyclic) bond motifs is 1. The van der Waals surface area contributed by atoms with Crippen molar-refractivity contribution in [3.63, 3.8) is 0 Å². The van der Waals surface area contributed by atoms with E-state index >= 15 is 0 Å². The van der Waals surface area contributed by atoms with Gasteiger partial charge in [0.2, 0.25) is 0 Å². The van der Waals surface area contributed by atoms with Crippen LogP contribution in [-0.2, 0) is 6.54 Å². The highest BCUT2D eigenvalue weighted by Gasteiger charge is 2.34. The highest BCUT2D eigenvalue weighted by Crippen LogP contribution is 2.27. The molecule has 3 heterocycles. The van der Waals surface area contributed by atoms with Crippen LogP contribution < -0.4 is 15.4 Å². The Morgan fingerprint density at radius 2 is 2.17 bits per heavy atom. The van der Waals surface area contributed by atoms with Gasteiger partial charge in [0.1, 0.15) is 5.75 Å². The number of carbonyl (C=O) groups is 2. The zero-order valence-corrected chi connectivity index (χ0v) is 20.3. The highest BCUT2D eigenvalue weighted by molar-refractivity contribution is 5.98. The van der Waals surface area contributed by atoms with Crippen molar-refractivity contribution in [2.75, 3.05) is 20.2 Å². The molecular weight excluding hydrogens is 440 g/mol. The van der Waals surface area contributed by atoms with Crippen LogP contribution >= 0.6 is 0 Å². The fourth-order valence-corrected chi connectivity index (χ4v) is 4.13. The monoisotopic (exact) mass is 470 g/mol. The van der Waals surface area contributed by atoms with Gasteiger partial charge in [0, 0.05) is 30.6 Å². The fraction of sp³-hybridized carbons (Fsp3) is 0.250. The number of nitrogens with zero attached hydrogens (tertiary/aromatic N) is 2. The summed E-state index contributed by atoms with van der Waals surface area (Å²) in [4.78, 5) is 30.8. The molecule has 0 aromatic heterocycles. The van der Waals surface area contributed by atoms with Gasteiger partial charge in [-0.3, -0.25) is 9.79 Å². The van der Waals surface area contributed by atoms with Gasteiger partial charge >= 0.3 is 6.03 Å². The molecule has 1 unspecified atom stereocenters. The number of methoxy groups -OCH3 is 1. The lowest BCUT2D eigenvalue weighted by molar-refractivity contribution is 0.0796. The molecule has 1 fully saturated rings. The Morgan fingerprint density at radius 1 is 1.34 bits per heavy atom. The SMILES string of the molecule is C=C1NC(=O)NC1(C)/C=C/C=C(\C=C/CN1Cc2ccc(OC)cc2C1=O)C1=C/C(=C/C)CN=C1. The van der Waals surface area contributed by atoms with E-state index in [0.717, 1.165) is 22.3 Å². The van der Waals surface area contributed by atoms with E-state index in [9.17, 15) is 9.59 Å². The minimum Gasteiger partial charge on any atom is -0.497 e. The highest BCUT2D eigenvalue weighted by atomic mass is 16.5. The summed E-state index contributed by atoms with van der Waals surface area (Å²) in [6.45, 7) is 9.52. The maximum Gasteiger partial charge on any atom is 0.320 e. The third-order valence-electron chi connectivity index (χ3n) is 6.34. The summed E-state index contributed by atoms with van der Waals surface area (Å²) < 4.78 is 5.26. The molecule has 180 valence electrons. The first-order chi connectivity index (χ1) is 16.8. The Bertz CT molecular complexity index is 1250. The number of hydrogen-bond donors (Lipinski definition) is 2. The van der Waals surface area contributed by atoms with Gasteiger partial charge in [-0.05, 0) is 54.3 Å². The number of rotatable bonds is 7. The average Bonchev–Trinajstić information content (AvgIpc) is 3.31. The molecule has 7 heteroatoms. The van der Waals surface area contributed by atoms with Crippen LogP contribution in [-0.4, -0.2) is 48.8 Å². The van der Waals surface area contributed by atoms with Gasteiger partial charge in [-0.1, -0.05) is 49.1 Å². The van der Waals surface area contributed by atoms with E-state index < -0.39 is 5.54 Å². The topological polar surface area (TPSA) is 83.0 Å². The Labute approximate surface area is 205 Å². The molecule has 1 saturated heterocycles. The molecule has 3 aliphatic rings. The second-order valence-electron chi connectivity index (χ2n) is 8.79. The maximum absolute atomic E-state index is 12.9. The standard InChI is InChI=1S/C28H30N4O3/c1-5-20-14-23(17-29-16-20)21(8-6-12-28(3)19(2)30-27(34)31-28)9-7-13-32-18-22-10-11-24(35-4)15-25(22)26(32)33/h5-12,14-15,17H,2,13,16,18H2,1,3-4H3,(H2,30,31,34)/b9-7-,12-6+,20-5-,21-8+. The lowest BCUT2D eigenvalue weighted by Gasteiger charge is -2.18. The summed E-state index contributed by atoms with van der Waals surface area (Å²) >= 11 is 0. The number of carbonyl (C=O) groups excluding carboxylic acids is 2. The van der Waals surface area contributed by atoms with Crippen LogP contribution in [0.5, 0.6) is 5.75 Å². The van der Waals surface area contributed by atoms with Crippen molar-refractivity contribution in [2.24, 2.45) is 4.99 Å². The first-order valence-electron chi connectivity index (χ1n) is 11.5. The number of aliphatic imine (C=N–C) groups is 1. The second-order valence-corrected chi connectivity index (χ2v) is 8.79. The minimum absolute atomic E-state index is 0.000431. The number of benzene rings is 1. The van der Waals surface area contributed by atoms with Crippen molar-refractivity contribution in [1.82, 2.24) is 15.5 Å². The molecule has 0 saturated carbocycles. The molecule has 2 N–H and O–H groups in total. The van der Waals surface area contributed by atoms with Gasteiger partial charge in [0.15, 0.2) is 0 Å². The van der Waals surface area contributed by atoms with Crippen molar-refractivity contribution in [3.05, 3.63) is 101 Å². The second kappa shape index (κ2) is 10.0. The van der Waals surface area contributed by atoms with Gasteiger partial charge in [-0.25, -0.2) is 4.79 Å². The molecule has 35 heavy (non-hydrogen) atoms. The summed E-state index contributed by atoms with van der Waals surface area (Å²) in [7, 11) is 1.60. The van der Waals surface area contributed by atoms with Gasteiger partial charge in [0.25, 0.3) is 5.91 Å². The molecule has 0 bridgehead atoms. The number of nitrogens with one attached hydrogen (secondary N) is 2. The summed E-state index contributed by atoms with van der Waals surface area (Å²) in [5.74, 6) is 0.680. The molecule has 0 spiro atoms. The number of dihydropyridines is 1. The third kappa shape index (κ3) is 5.19. The molecule has 1 atom stereocenters. The Kier molecular flexibility index (Phi) is 6.87. The fourth-order valence-electron chi connectivity index (χ4n) is 4.13. The van der Waals surface area contributed by atoms with Crippen molar-refractivity contribution in [1.29, 1.82) is 0 Å². The molecular formula is C28H30N4O3. The van der Waals surface area contributed by atoms with E-state index in [2.05, 4.69) is 28.3 Å².